The summed E-state index contributed by atoms with van der Waals surface area (Å²) in [7, 11) is 1.66. The van der Waals surface area contributed by atoms with Crippen LogP contribution in [0.25, 0.3) is 0 Å². The van der Waals surface area contributed by atoms with E-state index >= 15 is 0 Å². The van der Waals surface area contributed by atoms with Crippen molar-refractivity contribution in [2.75, 3.05) is 20.5 Å². The van der Waals surface area contributed by atoms with Crippen molar-refractivity contribution in [1.82, 2.24) is 0 Å². The monoisotopic (exact) mass is 202 g/mol. The predicted octanol–water partition coefficient (Wildman–Crippen LogP) is 3.75. The van der Waals surface area contributed by atoms with E-state index in [9.17, 15) is 0 Å². The average Bonchev–Trinajstić information content (AvgIpc) is 2.21. The van der Waals surface area contributed by atoms with Crippen molar-refractivity contribution < 1.29 is 9.47 Å². The number of methoxy groups -OCH3 is 1. The summed E-state index contributed by atoms with van der Waals surface area (Å²) in [4.78, 5) is 0. The minimum atomic E-state index is 0.441. The standard InChI is InChI=1S/C12H26O2/c1-3-4-5-6-7-8-9-10-11-14-12-13-2/h3-12H2,1-2H3. The van der Waals surface area contributed by atoms with E-state index in [1.807, 2.05) is 0 Å². The van der Waals surface area contributed by atoms with Gasteiger partial charge in [0.15, 0.2) is 0 Å². The van der Waals surface area contributed by atoms with Gasteiger partial charge in [-0.25, -0.2) is 0 Å². The van der Waals surface area contributed by atoms with Gasteiger partial charge < -0.3 is 9.47 Å². The third-order valence-corrected chi connectivity index (χ3v) is 2.34. The van der Waals surface area contributed by atoms with Crippen LogP contribution < -0.4 is 0 Å². The Balaban J connectivity index is 2.78. The van der Waals surface area contributed by atoms with Crippen molar-refractivity contribution in [3.63, 3.8) is 0 Å². The maximum atomic E-state index is 5.21. The molecular formula is C12H26O2. The second-order valence-corrected chi connectivity index (χ2v) is 3.79. The second-order valence-electron chi connectivity index (χ2n) is 3.79. The van der Waals surface area contributed by atoms with Gasteiger partial charge in [0.2, 0.25) is 0 Å². The van der Waals surface area contributed by atoms with Crippen molar-refractivity contribution >= 4 is 0 Å². The quantitative estimate of drug-likeness (QED) is 0.375. The van der Waals surface area contributed by atoms with E-state index in [2.05, 4.69) is 6.92 Å². The van der Waals surface area contributed by atoms with Gasteiger partial charge >= 0.3 is 0 Å². The Kier molecular flexibility index (Phi) is 12.8. The summed E-state index contributed by atoms with van der Waals surface area (Å²) in [5, 5.41) is 0. The summed E-state index contributed by atoms with van der Waals surface area (Å²) in [5.41, 5.74) is 0. The highest BCUT2D eigenvalue weighted by molar-refractivity contribution is 4.45. The van der Waals surface area contributed by atoms with Gasteiger partial charge in [-0.15, -0.1) is 0 Å². The second kappa shape index (κ2) is 12.9. The minimum absolute atomic E-state index is 0.441. The molecule has 0 spiro atoms. The molecule has 0 radical (unpaired) electrons. The topological polar surface area (TPSA) is 18.5 Å². The van der Waals surface area contributed by atoms with Crippen LogP contribution in [0.15, 0.2) is 0 Å². The molecule has 0 fully saturated rings. The first-order chi connectivity index (χ1) is 6.91. The molecule has 0 aromatic carbocycles. The lowest BCUT2D eigenvalue weighted by Gasteiger charge is -2.02. The fraction of sp³-hybridized carbons (Fsp3) is 1.00. The van der Waals surface area contributed by atoms with Crippen LogP contribution in [0.5, 0.6) is 0 Å². The van der Waals surface area contributed by atoms with Crippen LogP contribution in [0.1, 0.15) is 58.3 Å². The van der Waals surface area contributed by atoms with Crippen molar-refractivity contribution in [3.05, 3.63) is 0 Å². The molecule has 2 heteroatoms. The van der Waals surface area contributed by atoms with Crippen LogP contribution in [-0.2, 0) is 9.47 Å². The van der Waals surface area contributed by atoms with Crippen molar-refractivity contribution in [2.24, 2.45) is 0 Å². The number of hydrogen-bond acceptors (Lipinski definition) is 2. The molecule has 0 aliphatic heterocycles. The highest BCUT2D eigenvalue weighted by atomic mass is 16.7. The maximum absolute atomic E-state index is 5.21. The first kappa shape index (κ1) is 13.9. The molecule has 0 aliphatic carbocycles. The van der Waals surface area contributed by atoms with E-state index in [4.69, 9.17) is 9.47 Å². The summed E-state index contributed by atoms with van der Waals surface area (Å²) in [6, 6.07) is 0. The van der Waals surface area contributed by atoms with Gasteiger partial charge in [-0.2, -0.15) is 0 Å². The highest BCUT2D eigenvalue weighted by Gasteiger charge is 1.91. The molecule has 14 heavy (non-hydrogen) atoms. The van der Waals surface area contributed by atoms with Gasteiger partial charge in [-0.05, 0) is 6.42 Å². The molecule has 0 unspecified atom stereocenters. The lowest BCUT2D eigenvalue weighted by molar-refractivity contribution is -0.0315. The Morgan fingerprint density at radius 2 is 1.36 bits per heavy atom. The van der Waals surface area contributed by atoms with Crippen LogP contribution in [0, 0.1) is 0 Å². The molecule has 0 saturated carbocycles. The van der Waals surface area contributed by atoms with E-state index in [-0.39, 0.29) is 0 Å². The van der Waals surface area contributed by atoms with Crippen LogP contribution in [0.3, 0.4) is 0 Å². The van der Waals surface area contributed by atoms with Gasteiger partial charge in [-0.3, -0.25) is 0 Å². The largest absolute Gasteiger partial charge is 0.359 e. The number of unbranched alkanes of at least 4 members (excludes halogenated alkanes) is 7. The van der Waals surface area contributed by atoms with Crippen LogP contribution >= 0.6 is 0 Å². The third kappa shape index (κ3) is 11.9. The van der Waals surface area contributed by atoms with Crippen LogP contribution in [-0.4, -0.2) is 20.5 Å². The Morgan fingerprint density at radius 3 is 1.93 bits per heavy atom. The predicted molar refractivity (Wildman–Crippen MR) is 60.4 cm³/mol. The molecule has 0 rings (SSSR count). The van der Waals surface area contributed by atoms with Crippen LogP contribution in [0.4, 0.5) is 0 Å². The normalized spacial score (nSPS) is 10.7. The molecule has 0 aromatic rings. The fourth-order valence-electron chi connectivity index (χ4n) is 1.48. The van der Waals surface area contributed by atoms with E-state index in [1.165, 1.54) is 51.4 Å². The Labute approximate surface area is 89.0 Å². The van der Waals surface area contributed by atoms with Crippen molar-refractivity contribution in [1.29, 1.82) is 0 Å². The molecule has 0 amide bonds. The number of rotatable bonds is 11. The van der Waals surface area contributed by atoms with E-state index in [1.54, 1.807) is 7.11 Å². The van der Waals surface area contributed by atoms with E-state index in [0.717, 1.165) is 6.61 Å². The summed E-state index contributed by atoms with van der Waals surface area (Å²) in [5.74, 6) is 0. The molecule has 0 aliphatic rings. The Hall–Kier alpha value is -0.0800. The van der Waals surface area contributed by atoms with E-state index in [0.29, 0.717) is 6.79 Å². The van der Waals surface area contributed by atoms with Crippen LogP contribution in [0.2, 0.25) is 0 Å². The molecule has 86 valence electrons. The number of ether oxygens (including phenoxy) is 2. The molecule has 0 aromatic heterocycles. The lowest BCUT2D eigenvalue weighted by Crippen LogP contribution is -1.98. The molecule has 0 heterocycles. The zero-order valence-corrected chi connectivity index (χ0v) is 9.89. The smallest absolute Gasteiger partial charge is 0.146 e. The summed E-state index contributed by atoms with van der Waals surface area (Å²) in [6.07, 6.45) is 10.8. The molecule has 0 bridgehead atoms. The lowest BCUT2D eigenvalue weighted by atomic mass is 10.1. The van der Waals surface area contributed by atoms with Gasteiger partial charge in [0.05, 0.1) is 0 Å². The van der Waals surface area contributed by atoms with E-state index < -0.39 is 0 Å². The Bertz CT molecular complexity index is 82.3. The van der Waals surface area contributed by atoms with Crippen molar-refractivity contribution in [2.45, 2.75) is 58.3 Å². The fourth-order valence-corrected chi connectivity index (χ4v) is 1.48. The molecular weight excluding hydrogens is 176 g/mol. The van der Waals surface area contributed by atoms with Gasteiger partial charge in [0, 0.05) is 13.7 Å². The first-order valence-electron chi connectivity index (χ1n) is 5.98. The van der Waals surface area contributed by atoms with Gasteiger partial charge in [0.1, 0.15) is 6.79 Å². The summed E-state index contributed by atoms with van der Waals surface area (Å²) >= 11 is 0. The Morgan fingerprint density at radius 1 is 0.786 bits per heavy atom. The molecule has 0 N–H and O–H groups in total. The van der Waals surface area contributed by atoms with Gasteiger partial charge in [0.25, 0.3) is 0 Å². The van der Waals surface area contributed by atoms with Gasteiger partial charge in [-0.1, -0.05) is 51.9 Å². The molecule has 2 nitrogen and oxygen atoms in total. The summed E-state index contributed by atoms with van der Waals surface area (Å²) in [6.45, 7) is 3.55. The SMILES string of the molecule is CCCCCCCCCCOCOC. The minimum Gasteiger partial charge on any atom is -0.359 e. The first-order valence-corrected chi connectivity index (χ1v) is 5.98. The van der Waals surface area contributed by atoms with Crippen molar-refractivity contribution in [3.8, 4) is 0 Å². The zero-order valence-electron chi connectivity index (χ0n) is 9.89. The number of hydrogen-bond donors (Lipinski definition) is 0. The maximum Gasteiger partial charge on any atom is 0.146 e. The molecule has 0 atom stereocenters. The molecule has 0 saturated heterocycles. The average molecular weight is 202 g/mol. The highest BCUT2D eigenvalue weighted by Crippen LogP contribution is 2.08. The zero-order chi connectivity index (χ0) is 10.5. The third-order valence-electron chi connectivity index (χ3n) is 2.34. The summed E-state index contributed by atoms with van der Waals surface area (Å²) < 4.78 is 10.00.